The summed E-state index contributed by atoms with van der Waals surface area (Å²) >= 11 is 0. The number of carbonyl (C=O) groups is 1. The fourth-order valence-electron chi connectivity index (χ4n) is 4.65. The van der Waals surface area contributed by atoms with Gasteiger partial charge in [0.25, 0.3) is 5.91 Å². The standard InChI is InChI=1S/C25H25F3N4O3/c1-3-34-21-9-20(21)32(11-16-6-5-15(10-30-16)25(26,27)28)24(33)14-4-7-19-17(8-14)18-12-35-13(2)22(18)23(29)31-19/h4-8,10,13,20-21H,3,9,11-12H2,1-2H3,(H2,29,31)/t13-,20-,21+/m1/s1. The summed E-state index contributed by atoms with van der Waals surface area (Å²) in [6, 6.07) is 7.34. The van der Waals surface area contributed by atoms with Crippen LogP contribution >= 0.6 is 0 Å². The van der Waals surface area contributed by atoms with E-state index in [1.807, 2.05) is 13.8 Å². The van der Waals surface area contributed by atoms with Crippen LogP contribution in [0.25, 0.3) is 10.9 Å². The van der Waals surface area contributed by atoms with Gasteiger partial charge in [-0.1, -0.05) is 0 Å². The summed E-state index contributed by atoms with van der Waals surface area (Å²) in [5, 5.41) is 0.800. The summed E-state index contributed by atoms with van der Waals surface area (Å²) in [5.74, 6) is 0.169. The van der Waals surface area contributed by atoms with E-state index < -0.39 is 11.7 Å². The predicted molar refractivity (Wildman–Crippen MR) is 122 cm³/mol. The molecule has 1 aromatic carbocycles. The summed E-state index contributed by atoms with van der Waals surface area (Å²) in [6.45, 7) is 4.75. The molecule has 10 heteroatoms. The average Bonchev–Trinajstić information content (AvgIpc) is 3.47. The van der Waals surface area contributed by atoms with Gasteiger partial charge in [0, 0.05) is 29.3 Å². The lowest BCUT2D eigenvalue weighted by Crippen LogP contribution is -2.35. The Balaban J connectivity index is 1.47. The molecule has 1 amide bonds. The van der Waals surface area contributed by atoms with E-state index in [1.54, 1.807) is 23.1 Å². The molecule has 35 heavy (non-hydrogen) atoms. The molecule has 3 aromatic rings. The zero-order valence-electron chi connectivity index (χ0n) is 19.3. The molecule has 1 aliphatic heterocycles. The Morgan fingerprint density at radius 1 is 1.29 bits per heavy atom. The molecule has 0 unspecified atom stereocenters. The van der Waals surface area contributed by atoms with Crippen LogP contribution in [-0.4, -0.2) is 39.5 Å². The number of amides is 1. The van der Waals surface area contributed by atoms with Crippen molar-refractivity contribution in [2.75, 3.05) is 12.3 Å². The van der Waals surface area contributed by atoms with Crippen molar-refractivity contribution in [2.24, 2.45) is 0 Å². The van der Waals surface area contributed by atoms with Gasteiger partial charge in [0.2, 0.25) is 0 Å². The largest absolute Gasteiger partial charge is 0.417 e. The number of aromatic nitrogens is 2. The number of benzene rings is 1. The Hall–Kier alpha value is -3.24. The van der Waals surface area contributed by atoms with Crippen LogP contribution in [0.1, 0.15) is 59.1 Å². The number of hydrogen-bond donors (Lipinski definition) is 1. The normalized spacial score (nSPS) is 21.2. The number of anilines is 1. The highest BCUT2D eigenvalue weighted by Gasteiger charge is 2.45. The average molecular weight is 486 g/mol. The van der Waals surface area contributed by atoms with E-state index in [0.717, 1.165) is 28.8 Å². The number of pyridine rings is 2. The highest BCUT2D eigenvalue weighted by Crippen LogP contribution is 2.39. The van der Waals surface area contributed by atoms with Crippen LogP contribution in [0.3, 0.4) is 0 Å². The smallest absolute Gasteiger partial charge is 0.383 e. The molecular weight excluding hydrogens is 461 g/mol. The number of hydrogen-bond acceptors (Lipinski definition) is 6. The molecule has 2 aromatic heterocycles. The number of fused-ring (bicyclic) bond motifs is 3. The quantitative estimate of drug-likeness (QED) is 0.546. The first kappa shape index (κ1) is 23.5. The fraction of sp³-hybridized carbons (Fsp3) is 0.400. The van der Waals surface area contributed by atoms with Crippen LogP contribution in [0.15, 0.2) is 36.5 Å². The monoisotopic (exact) mass is 486 g/mol. The zero-order chi connectivity index (χ0) is 24.9. The minimum Gasteiger partial charge on any atom is -0.383 e. The van der Waals surface area contributed by atoms with Crippen molar-refractivity contribution in [1.82, 2.24) is 14.9 Å². The Morgan fingerprint density at radius 3 is 2.77 bits per heavy atom. The van der Waals surface area contributed by atoms with Gasteiger partial charge >= 0.3 is 6.18 Å². The summed E-state index contributed by atoms with van der Waals surface area (Å²) in [6.07, 6.45) is -3.31. The molecule has 2 aliphatic rings. The second kappa shape index (κ2) is 8.76. The first-order valence-corrected chi connectivity index (χ1v) is 11.5. The zero-order valence-corrected chi connectivity index (χ0v) is 19.3. The van der Waals surface area contributed by atoms with Crippen molar-refractivity contribution in [3.63, 3.8) is 0 Å². The Kier molecular flexibility index (Phi) is 5.88. The Morgan fingerprint density at radius 2 is 2.09 bits per heavy atom. The van der Waals surface area contributed by atoms with Crippen LogP contribution < -0.4 is 5.73 Å². The van der Waals surface area contributed by atoms with Crippen LogP contribution in [-0.2, 0) is 28.8 Å². The van der Waals surface area contributed by atoms with Crippen LogP contribution in [0.4, 0.5) is 19.0 Å². The number of nitrogens with zero attached hydrogens (tertiary/aromatic N) is 3. The van der Waals surface area contributed by atoms with Crippen molar-refractivity contribution in [2.45, 2.75) is 57.8 Å². The summed E-state index contributed by atoms with van der Waals surface area (Å²) in [5.41, 5.74) is 8.55. The number of nitrogen functional groups attached to an aromatic ring is 1. The van der Waals surface area contributed by atoms with Crippen molar-refractivity contribution in [3.05, 3.63) is 64.5 Å². The van der Waals surface area contributed by atoms with Gasteiger partial charge in [-0.2, -0.15) is 13.2 Å². The predicted octanol–water partition coefficient (Wildman–Crippen LogP) is 4.64. The maximum absolute atomic E-state index is 13.7. The van der Waals surface area contributed by atoms with Crippen molar-refractivity contribution in [1.29, 1.82) is 0 Å². The molecule has 184 valence electrons. The molecule has 0 spiro atoms. The second-order valence-electron chi connectivity index (χ2n) is 8.84. The molecule has 0 radical (unpaired) electrons. The van der Waals surface area contributed by atoms with E-state index >= 15 is 0 Å². The lowest BCUT2D eigenvalue weighted by Gasteiger charge is -2.23. The van der Waals surface area contributed by atoms with Gasteiger partial charge in [-0.25, -0.2) is 4.98 Å². The minimum absolute atomic E-state index is 0.0709. The first-order chi connectivity index (χ1) is 16.7. The first-order valence-electron chi connectivity index (χ1n) is 11.5. The fourth-order valence-corrected chi connectivity index (χ4v) is 4.65. The topological polar surface area (TPSA) is 90.6 Å². The lowest BCUT2D eigenvalue weighted by molar-refractivity contribution is -0.137. The third-order valence-corrected chi connectivity index (χ3v) is 6.52. The van der Waals surface area contributed by atoms with Gasteiger partial charge in [-0.05, 0) is 56.2 Å². The van der Waals surface area contributed by atoms with E-state index in [4.69, 9.17) is 15.2 Å². The molecule has 7 nitrogen and oxygen atoms in total. The van der Waals surface area contributed by atoms with Crippen molar-refractivity contribution >= 4 is 22.6 Å². The number of rotatable bonds is 6. The number of nitrogens with two attached hydrogens (primary N) is 1. The second-order valence-corrected chi connectivity index (χ2v) is 8.84. The SMILES string of the molecule is CCO[C@H]1C[C@H]1N(Cc1ccc(C(F)(F)F)cn1)C(=O)c1ccc2nc(N)c3c(c2c1)CO[C@@H]3C. The van der Waals surface area contributed by atoms with E-state index in [1.165, 1.54) is 6.07 Å². The van der Waals surface area contributed by atoms with Gasteiger partial charge in [0.05, 0.1) is 48.2 Å². The van der Waals surface area contributed by atoms with Crippen LogP contribution in [0.5, 0.6) is 0 Å². The summed E-state index contributed by atoms with van der Waals surface area (Å²) < 4.78 is 50.2. The van der Waals surface area contributed by atoms with Gasteiger partial charge < -0.3 is 20.1 Å². The molecule has 1 saturated carbocycles. The van der Waals surface area contributed by atoms with Gasteiger partial charge in [0.15, 0.2) is 0 Å². The summed E-state index contributed by atoms with van der Waals surface area (Å²) in [7, 11) is 0. The molecule has 0 saturated heterocycles. The molecular formula is C25H25F3N4O3. The highest BCUT2D eigenvalue weighted by atomic mass is 19.4. The molecule has 1 fully saturated rings. The Labute approximate surface area is 200 Å². The molecule has 2 N–H and O–H groups in total. The lowest BCUT2D eigenvalue weighted by atomic mass is 10.00. The third-order valence-electron chi connectivity index (χ3n) is 6.52. The molecule has 3 atom stereocenters. The van der Waals surface area contributed by atoms with Crippen LogP contribution in [0.2, 0.25) is 0 Å². The number of carbonyl (C=O) groups excluding carboxylic acids is 1. The van der Waals surface area contributed by atoms with E-state index in [-0.39, 0.29) is 30.7 Å². The minimum atomic E-state index is -4.47. The number of halogens is 3. The molecule has 3 heterocycles. The number of alkyl halides is 3. The van der Waals surface area contributed by atoms with Gasteiger partial charge in [-0.3, -0.25) is 9.78 Å². The number of ether oxygens (including phenoxy) is 2. The van der Waals surface area contributed by atoms with E-state index in [9.17, 15) is 18.0 Å². The molecule has 5 rings (SSSR count). The van der Waals surface area contributed by atoms with Gasteiger partial charge in [0.1, 0.15) is 5.82 Å². The Bertz CT molecular complexity index is 1280. The van der Waals surface area contributed by atoms with E-state index in [2.05, 4.69) is 9.97 Å². The van der Waals surface area contributed by atoms with Gasteiger partial charge in [-0.15, -0.1) is 0 Å². The maximum atomic E-state index is 13.7. The maximum Gasteiger partial charge on any atom is 0.417 e. The van der Waals surface area contributed by atoms with Crippen LogP contribution in [0, 0.1) is 0 Å². The van der Waals surface area contributed by atoms with E-state index in [0.29, 0.717) is 42.2 Å². The third kappa shape index (κ3) is 4.43. The van der Waals surface area contributed by atoms with Crippen molar-refractivity contribution in [3.8, 4) is 0 Å². The summed E-state index contributed by atoms with van der Waals surface area (Å²) in [4.78, 5) is 23.7. The molecule has 1 aliphatic carbocycles. The van der Waals surface area contributed by atoms with Crippen molar-refractivity contribution < 1.29 is 27.4 Å². The molecule has 0 bridgehead atoms. The highest BCUT2D eigenvalue weighted by molar-refractivity contribution is 5.99.